The van der Waals surface area contributed by atoms with E-state index >= 15 is 0 Å². The summed E-state index contributed by atoms with van der Waals surface area (Å²) in [6, 6.07) is 3.22. The predicted octanol–water partition coefficient (Wildman–Crippen LogP) is 0.467. The fraction of sp³-hybridized carbons (Fsp3) is 0.412. The molecule has 2 amide bonds. The molecule has 0 aromatic carbocycles. The standard InChI is InChI=1S/C17H20N8O2S/c1-10-11(2)24(16(27)12-3-4-25-13(7-12)19-9-20-25)6-5-23(10)15(26)8-14-21-22-17(18)28-14/h3-4,7,9-11H,5-6,8H2,1-2H3,(H2,18,22)/t10-,11+/m0/s1. The molecule has 3 aromatic rings. The molecule has 28 heavy (non-hydrogen) atoms. The van der Waals surface area contributed by atoms with Crippen molar-refractivity contribution < 1.29 is 9.59 Å². The lowest BCUT2D eigenvalue weighted by Gasteiger charge is -2.45. The number of anilines is 1. The van der Waals surface area contributed by atoms with Crippen LogP contribution in [0.1, 0.15) is 29.2 Å². The number of carbonyl (C=O) groups excluding carboxylic acids is 2. The highest BCUT2D eigenvalue weighted by Crippen LogP contribution is 2.22. The molecule has 2 N–H and O–H groups in total. The highest BCUT2D eigenvalue weighted by molar-refractivity contribution is 7.15. The normalized spacial score (nSPS) is 19.9. The van der Waals surface area contributed by atoms with E-state index in [0.29, 0.717) is 34.4 Å². The van der Waals surface area contributed by atoms with Gasteiger partial charge in [0.1, 0.15) is 11.3 Å². The van der Waals surface area contributed by atoms with Gasteiger partial charge in [0.25, 0.3) is 5.91 Å². The van der Waals surface area contributed by atoms with Crippen molar-refractivity contribution in [3.05, 3.63) is 35.2 Å². The molecule has 10 nitrogen and oxygen atoms in total. The van der Waals surface area contributed by atoms with Crippen LogP contribution < -0.4 is 5.73 Å². The summed E-state index contributed by atoms with van der Waals surface area (Å²) in [6.45, 7) is 4.85. The molecule has 0 saturated carbocycles. The molecule has 0 unspecified atom stereocenters. The molecule has 1 aliphatic rings. The SMILES string of the molecule is C[C@@H]1[C@H](C)N(C(=O)Cc2nnc(N)s2)CCN1C(=O)c1ccn2ncnc2c1. The van der Waals surface area contributed by atoms with Gasteiger partial charge in [-0.1, -0.05) is 11.3 Å². The first kappa shape index (κ1) is 18.3. The van der Waals surface area contributed by atoms with Gasteiger partial charge in [-0.3, -0.25) is 9.59 Å². The highest BCUT2D eigenvalue weighted by atomic mass is 32.1. The number of amides is 2. The Labute approximate surface area is 165 Å². The van der Waals surface area contributed by atoms with Gasteiger partial charge in [0, 0.05) is 36.9 Å². The molecule has 3 aromatic heterocycles. The third kappa shape index (κ3) is 3.28. The van der Waals surface area contributed by atoms with Crippen LogP contribution in [0.3, 0.4) is 0 Å². The van der Waals surface area contributed by atoms with E-state index in [0.717, 1.165) is 0 Å². The van der Waals surface area contributed by atoms with Gasteiger partial charge in [0.2, 0.25) is 11.0 Å². The number of pyridine rings is 1. The minimum atomic E-state index is -0.126. The fourth-order valence-electron chi connectivity index (χ4n) is 3.46. The summed E-state index contributed by atoms with van der Waals surface area (Å²) in [5.41, 5.74) is 6.76. The number of carbonyl (C=O) groups is 2. The zero-order valence-electron chi connectivity index (χ0n) is 15.5. The van der Waals surface area contributed by atoms with Crippen LogP contribution in [0.15, 0.2) is 24.7 Å². The zero-order valence-corrected chi connectivity index (χ0v) is 16.3. The molecule has 0 bridgehead atoms. The number of fused-ring (bicyclic) bond motifs is 1. The number of hydrogen-bond donors (Lipinski definition) is 1. The van der Waals surface area contributed by atoms with E-state index in [2.05, 4.69) is 20.3 Å². The van der Waals surface area contributed by atoms with Crippen molar-refractivity contribution in [2.24, 2.45) is 0 Å². The first-order valence-corrected chi connectivity index (χ1v) is 9.73. The van der Waals surface area contributed by atoms with Crippen LogP contribution in [0.2, 0.25) is 0 Å². The van der Waals surface area contributed by atoms with Gasteiger partial charge in [-0.2, -0.15) is 5.10 Å². The van der Waals surface area contributed by atoms with E-state index < -0.39 is 0 Å². The monoisotopic (exact) mass is 400 g/mol. The first-order valence-electron chi connectivity index (χ1n) is 8.91. The van der Waals surface area contributed by atoms with Crippen molar-refractivity contribution in [1.29, 1.82) is 0 Å². The third-order valence-corrected chi connectivity index (χ3v) is 5.91. The molecule has 11 heteroatoms. The van der Waals surface area contributed by atoms with Crippen LogP contribution in [0.4, 0.5) is 5.13 Å². The average Bonchev–Trinajstić information content (AvgIpc) is 3.31. The smallest absolute Gasteiger partial charge is 0.254 e. The summed E-state index contributed by atoms with van der Waals surface area (Å²) < 4.78 is 1.61. The van der Waals surface area contributed by atoms with E-state index in [-0.39, 0.29) is 30.3 Å². The fourth-order valence-corrected chi connectivity index (χ4v) is 4.07. The Morgan fingerprint density at radius 1 is 1.21 bits per heavy atom. The molecule has 146 valence electrons. The molecule has 0 spiro atoms. The Morgan fingerprint density at radius 2 is 1.96 bits per heavy atom. The molecular formula is C17H20N8O2S. The number of nitrogens with two attached hydrogens (primary N) is 1. The Balaban J connectivity index is 1.46. The zero-order chi connectivity index (χ0) is 19.8. The second kappa shape index (κ2) is 7.15. The minimum Gasteiger partial charge on any atom is -0.374 e. The third-order valence-electron chi connectivity index (χ3n) is 5.16. The minimum absolute atomic E-state index is 0.0347. The van der Waals surface area contributed by atoms with Crippen molar-refractivity contribution in [2.45, 2.75) is 32.4 Å². The van der Waals surface area contributed by atoms with E-state index in [1.54, 1.807) is 32.6 Å². The van der Waals surface area contributed by atoms with Gasteiger partial charge >= 0.3 is 0 Å². The molecule has 1 fully saturated rings. The second-order valence-electron chi connectivity index (χ2n) is 6.76. The van der Waals surface area contributed by atoms with Crippen LogP contribution >= 0.6 is 11.3 Å². The van der Waals surface area contributed by atoms with Crippen molar-refractivity contribution in [3.63, 3.8) is 0 Å². The van der Waals surface area contributed by atoms with Crippen molar-refractivity contribution in [2.75, 3.05) is 18.8 Å². The Morgan fingerprint density at radius 3 is 2.71 bits per heavy atom. The summed E-state index contributed by atoms with van der Waals surface area (Å²) in [7, 11) is 0. The van der Waals surface area contributed by atoms with E-state index in [1.807, 2.05) is 13.8 Å². The van der Waals surface area contributed by atoms with E-state index in [1.165, 1.54) is 17.7 Å². The van der Waals surface area contributed by atoms with Crippen LogP contribution in [0, 0.1) is 0 Å². The molecular weight excluding hydrogens is 380 g/mol. The maximum Gasteiger partial charge on any atom is 0.254 e. The number of nitrogen functional groups attached to an aromatic ring is 1. The largest absolute Gasteiger partial charge is 0.374 e. The number of nitrogens with zero attached hydrogens (tertiary/aromatic N) is 7. The van der Waals surface area contributed by atoms with E-state index in [9.17, 15) is 9.59 Å². The number of hydrogen-bond acceptors (Lipinski definition) is 8. The molecule has 0 radical (unpaired) electrons. The molecule has 2 atom stereocenters. The topological polar surface area (TPSA) is 123 Å². The average molecular weight is 400 g/mol. The van der Waals surface area contributed by atoms with Gasteiger partial charge in [-0.25, -0.2) is 9.50 Å². The molecule has 4 heterocycles. The lowest BCUT2D eigenvalue weighted by Crippen LogP contribution is -2.60. The van der Waals surface area contributed by atoms with E-state index in [4.69, 9.17) is 5.73 Å². The summed E-state index contributed by atoms with van der Waals surface area (Å²) >= 11 is 1.22. The summed E-state index contributed by atoms with van der Waals surface area (Å²) in [5.74, 6) is -0.110. The van der Waals surface area contributed by atoms with Crippen LogP contribution in [0.5, 0.6) is 0 Å². The molecule has 4 rings (SSSR count). The first-order chi connectivity index (χ1) is 13.4. The van der Waals surface area contributed by atoms with Crippen LogP contribution in [-0.2, 0) is 11.2 Å². The van der Waals surface area contributed by atoms with Crippen LogP contribution in [0.25, 0.3) is 5.65 Å². The molecule has 1 aliphatic heterocycles. The Kier molecular flexibility index (Phi) is 4.67. The number of rotatable bonds is 3. The number of piperazine rings is 1. The van der Waals surface area contributed by atoms with Gasteiger partial charge in [-0.05, 0) is 26.0 Å². The Bertz CT molecular complexity index is 1030. The maximum atomic E-state index is 13.0. The van der Waals surface area contributed by atoms with Crippen molar-refractivity contribution in [3.8, 4) is 0 Å². The van der Waals surface area contributed by atoms with Gasteiger partial charge in [0.15, 0.2) is 5.65 Å². The number of aromatic nitrogens is 5. The molecule has 0 aliphatic carbocycles. The van der Waals surface area contributed by atoms with Crippen molar-refractivity contribution >= 4 is 33.9 Å². The van der Waals surface area contributed by atoms with Gasteiger partial charge in [0.05, 0.1) is 6.42 Å². The lowest BCUT2D eigenvalue weighted by atomic mass is 10.0. The predicted molar refractivity (Wildman–Crippen MR) is 103 cm³/mol. The highest BCUT2D eigenvalue weighted by Gasteiger charge is 2.36. The Hall–Kier alpha value is -3.08. The van der Waals surface area contributed by atoms with Gasteiger partial charge in [-0.15, -0.1) is 10.2 Å². The quantitative estimate of drug-likeness (QED) is 0.678. The van der Waals surface area contributed by atoms with Crippen molar-refractivity contribution in [1.82, 2.24) is 34.6 Å². The summed E-state index contributed by atoms with van der Waals surface area (Å²) in [6.07, 6.45) is 3.34. The lowest BCUT2D eigenvalue weighted by molar-refractivity contribution is -0.136. The molecule has 1 saturated heterocycles. The van der Waals surface area contributed by atoms with Gasteiger partial charge < -0.3 is 15.5 Å². The maximum absolute atomic E-state index is 13.0. The summed E-state index contributed by atoms with van der Waals surface area (Å²) in [5, 5.41) is 12.7. The van der Waals surface area contributed by atoms with Crippen LogP contribution in [-0.4, -0.2) is 71.6 Å². The summed E-state index contributed by atoms with van der Waals surface area (Å²) in [4.78, 5) is 33.5. The second-order valence-corrected chi connectivity index (χ2v) is 7.85.